The molecule has 0 heterocycles. The minimum absolute atomic E-state index is 0.161. The molecule has 0 unspecified atom stereocenters. The van der Waals surface area contributed by atoms with Gasteiger partial charge in [-0.25, -0.2) is 0 Å². The first-order valence-corrected chi connectivity index (χ1v) is 6.36. The Labute approximate surface area is 102 Å². The zero-order chi connectivity index (χ0) is 11.6. The molecule has 3 nitrogen and oxygen atoms in total. The molecule has 0 aliphatic carbocycles. The van der Waals surface area contributed by atoms with Crippen molar-refractivity contribution >= 4 is 11.9 Å². The lowest BCUT2D eigenvalue weighted by Crippen LogP contribution is -2.28. The molecule has 0 aliphatic heterocycles. The summed E-state index contributed by atoms with van der Waals surface area (Å²) < 4.78 is 14.1. The summed E-state index contributed by atoms with van der Waals surface area (Å²) in [5.74, 6) is 0. The Kier molecular flexibility index (Phi) is 7.25. The molecule has 0 radical (unpaired) electrons. The highest BCUT2D eigenvalue weighted by Gasteiger charge is 2.06. The summed E-state index contributed by atoms with van der Waals surface area (Å²) in [4.78, 5) is 1.19. The standard InChI is InChI=1S/C12H19NO2S/c1-3-14-12(15-4-2)10-13-16-11-8-6-5-7-9-11/h5-9,12-13H,3-4,10H2,1-2H3. The second kappa shape index (κ2) is 8.58. The van der Waals surface area contributed by atoms with Crippen molar-refractivity contribution in [3.63, 3.8) is 0 Å². The van der Waals surface area contributed by atoms with Crippen molar-refractivity contribution in [1.82, 2.24) is 4.72 Å². The smallest absolute Gasteiger partial charge is 0.170 e. The van der Waals surface area contributed by atoms with Crippen LogP contribution in [-0.2, 0) is 9.47 Å². The highest BCUT2D eigenvalue weighted by Crippen LogP contribution is 2.13. The van der Waals surface area contributed by atoms with Gasteiger partial charge in [-0.05, 0) is 37.9 Å². The van der Waals surface area contributed by atoms with E-state index >= 15 is 0 Å². The molecule has 0 fully saturated rings. The zero-order valence-corrected chi connectivity index (χ0v) is 10.6. The van der Waals surface area contributed by atoms with E-state index in [1.54, 1.807) is 11.9 Å². The lowest BCUT2D eigenvalue weighted by molar-refractivity contribution is -0.130. The molecule has 0 saturated carbocycles. The minimum Gasteiger partial charge on any atom is -0.352 e. The number of hydrogen-bond acceptors (Lipinski definition) is 4. The Morgan fingerprint density at radius 3 is 2.31 bits per heavy atom. The van der Waals surface area contributed by atoms with Crippen molar-refractivity contribution in [2.75, 3.05) is 19.8 Å². The normalized spacial score (nSPS) is 10.9. The summed E-state index contributed by atoms with van der Waals surface area (Å²) in [6.45, 7) is 5.96. The minimum atomic E-state index is -0.161. The van der Waals surface area contributed by atoms with Gasteiger partial charge in [-0.15, -0.1) is 0 Å². The van der Waals surface area contributed by atoms with Crippen LogP contribution in [0.15, 0.2) is 35.2 Å². The molecule has 0 atom stereocenters. The fraction of sp³-hybridized carbons (Fsp3) is 0.500. The van der Waals surface area contributed by atoms with Crippen molar-refractivity contribution in [2.24, 2.45) is 0 Å². The quantitative estimate of drug-likeness (QED) is 0.560. The summed E-state index contributed by atoms with van der Waals surface area (Å²) in [6, 6.07) is 10.2. The maximum absolute atomic E-state index is 5.42. The average molecular weight is 241 g/mol. The van der Waals surface area contributed by atoms with Crippen LogP contribution >= 0.6 is 11.9 Å². The predicted molar refractivity (Wildman–Crippen MR) is 67.3 cm³/mol. The van der Waals surface area contributed by atoms with Gasteiger partial charge in [-0.2, -0.15) is 0 Å². The zero-order valence-electron chi connectivity index (χ0n) is 9.81. The third-order valence-corrected chi connectivity index (χ3v) is 2.71. The summed E-state index contributed by atoms with van der Waals surface area (Å²) in [5.41, 5.74) is 0. The van der Waals surface area contributed by atoms with E-state index < -0.39 is 0 Å². The van der Waals surface area contributed by atoms with Gasteiger partial charge < -0.3 is 9.47 Å². The number of benzene rings is 1. The molecule has 1 N–H and O–H groups in total. The van der Waals surface area contributed by atoms with Crippen LogP contribution in [0.1, 0.15) is 13.8 Å². The molecular weight excluding hydrogens is 222 g/mol. The van der Waals surface area contributed by atoms with Gasteiger partial charge in [0.1, 0.15) is 0 Å². The molecule has 0 bridgehead atoms. The van der Waals surface area contributed by atoms with Gasteiger partial charge in [0.2, 0.25) is 0 Å². The lowest BCUT2D eigenvalue weighted by atomic mass is 10.4. The fourth-order valence-electron chi connectivity index (χ4n) is 1.22. The maximum atomic E-state index is 5.42. The Morgan fingerprint density at radius 1 is 1.12 bits per heavy atom. The SMILES string of the molecule is CCOC(CNSc1ccccc1)OCC. The summed E-state index contributed by atoms with van der Waals surface area (Å²) >= 11 is 1.59. The van der Waals surface area contributed by atoms with Gasteiger partial charge in [0.15, 0.2) is 6.29 Å². The highest BCUT2D eigenvalue weighted by molar-refractivity contribution is 7.97. The fourth-order valence-corrected chi connectivity index (χ4v) is 1.90. The first-order valence-electron chi connectivity index (χ1n) is 5.54. The lowest BCUT2D eigenvalue weighted by Gasteiger charge is -2.16. The molecule has 4 heteroatoms. The molecule has 0 amide bonds. The van der Waals surface area contributed by atoms with E-state index in [0.717, 1.165) is 0 Å². The van der Waals surface area contributed by atoms with Gasteiger partial charge >= 0.3 is 0 Å². The largest absolute Gasteiger partial charge is 0.352 e. The van der Waals surface area contributed by atoms with E-state index in [4.69, 9.17) is 9.47 Å². The molecule has 1 rings (SSSR count). The molecule has 16 heavy (non-hydrogen) atoms. The van der Waals surface area contributed by atoms with Crippen LogP contribution in [0.25, 0.3) is 0 Å². The van der Waals surface area contributed by atoms with Crippen LogP contribution in [0.2, 0.25) is 0 Å². The molecule has 90 valence electrons. The predicted octanol–water partition coefficient (Wildman–Crippen LogP) is 2.68. The van der Waals surface area contributed by atoms with Gasteiger partial charge in [0.05, 0.1) is 6.54 Å². The van der Waals surface area contributed by atoms with E-state index in [0.29, 0.717) is 19.8 Å². The summed E-state index contributed by atoms with van der Waals surface area (Å²) in [5, 5.41) is 0. The van der Waals surface area contributed by atoms with Crippen LogP contribution in [0.3, 0.4) is 0 Å². The van der Waals surface area contributed by atoms with Crippen LogP contribution in [0, 0.1) is 0 Å². The van der Waals surface area contributed by atoms with Crippen molar-refractivity contribution in [1.29, 1.82) is 0 Å². The molecule has 0 aliphatic rings. The van der Waals surface area contributed by atoms with Crippen molar-refractivity contribution in [3.8, 4) is 0 Å². The van der Waals surface area contributed by atoms with Crippen LogP contribution in [0.4, 0.5) is 0 Å². The second-order valence-electron chi connectivity index (χ2n) is 3.10. The van der Waals surface area contributed by atoms with Gasteiger partial charge in [0.25, 0.3) is 0 Å². The van der Waals surface area contributed by atoms with Gasteiger partial charge in [-0.1, -0.05) is 18.2 Å². The van der Waals surface area contributed by atoms with E-state index in [-0.39, 0.29) is 6.29 Å². The van der Waals surface area contributed by atoms with E-state index in [1.807, 2.05) is 32.0 Å². The Hall–Kier alpha value is -0.550. The van der Waals surface area contributed by atoms with Gasteiger partial charge in [-0.3, -0.25) is 4.72 Å². The molecule has 0 spiro atoms. The van der Waals surface area contributed by atoms with Crippen LogP contribution in [0.5, 0.6) is 0 Å². The van der Waals surface area contributed by atoms with E-state index in [9.17, 15) is 0 Å². The van der Waals surface area contributed by atoms with Crippen LogP contribution in [-0.4, -0.2) is 26.0 Å². The third kappa shape index (κ3) is 5.51. The average Bonchev–Trinajstić information content (AvgIpc) is 2.31. The Morgan fingerprint density at radius 2 is 1.75 bits per heavy atom. The van der Waals surface area contributed by atoms with E-state index in [2.05, 4.69) is 16.9 Å². The second-order valence-corrected chi connectivity index (χ2v) is 4.07. The number of rotatable bonds is 8. The monoisotopic (exact) mass is 241 g/mol. The van der Waals surface area contributed by atoms with Gasteiger partial charge in [0, 0.05) is 18.1 Å². The number of nitrogens with one attached hydrogen (secondary N) is 1. The van der Waals surface area contributed by atoms with Crippen molar-refractivity contribution < 1.29 is 9.47 Å². The Bertz CT molecular complexity index is 263. The van der Waals surface area contributed by atoms with Crippen LogP contribution < -0.4 is 4.72 Å². The molecule has 0 aromatic heterocycles. The topological polar surface area (TPSA) is 30.5 Å². The van der Waals surface area contributed by atoms with E-state index in [1.165, 1.54) is 4.90 Å². The third-order valence-electron chi connectivity index (χ3n) is 1.89. The summed E-state index contributed by atoms with van der Waals surface area (Å²) in [6.07, 6.45) is -0.161. The van der Waals surface area contributed by atoms with Crippen molar-refractivity contribution in [3.05, 3.63) is 30.3 Å². The number of hydrogen-bond donors (Lipinski definition) is 1. The molecule has 1 aromatic rings. The molecule has 1 aromatic carbocycles. The highest BCUT2D eigenvalue weighted by atomic mass is 32.2. The first-order chi connectivity index (χ1) is 7.86. The Balaban J connectivity index is 2.22. The number of ether oxygens (including phenoxy) is 2. The summed E-state index contributed by atoms with van der Waals surface area (Å²) in [7, 11) is 0. The first kappa shape index (κ1) is 13.5. The van der Waals surface area contributed by atoms with Crippen molar-refractivity contribution in [2.45, 2.75) is 25.0 Å². The molecular formula is C12H19NO2S. The molecule has 0 saturated heterocycles. The maximum Gasteiger partial charge on any atom is 0.170 e.